The van der Waals surface area contributed by atoms with Crippen LogP contribution in [0.1, 0.15) is 12.5 Å². The van der Waals surface area contributed by atoms with Crippen LogP contribution in [-0.4, -0.2) is 22.4 Å². The fourth-order valence-electron chi connectivity index (χ4n) is 2.79. The molecule has 0 saturated heterocycles. The first-order chi connectivity index (χ1) is 12.8. The molecule has 2 heterocycles. The van der Waals surface area contributed by atoms with E-state index in [9.17, 15) is 4.39 Å². The van der Waals surface area contributed by atoms with Crippen LogP contribution in [0.2, 0.25) is 0 Å². The molecule has 2 aromatic carbocycles. The molecule has 130 valence electrons. The van der Waals surface area contributed by atoms with E-state index in [1.54, 1.807) is 12.1 Å². The Balaban J connectivity index is 1.81. The third kappa shape index (κ3) is 3.11. The topological polar surface area (TPSA) is 45.4 Å². The highest BCUT2D eigenvalue weighted by molar-refractivity contribution is 7.07. The molecule has 1 N–H and O–H groups in total. The average Bonchev–Trinajstić information content (AvgIpc) is 3.25. The molecule has 0 aliphatic rings. The second-order valence-electron chi connectivity index (χ2n) is 5.73. The monoisotopic (exact) mass is 364 g/mol. The van der Waals surface area contributed by atoms with E-state index in [0.717, 1.165) is 32.5 Å². The van der Waals surface area contributed by atoms with E-state index in [1.165, 1.54) is 23.5 Å². The molecule has 0 saturated carbocycles. The van der Waals surface area contributed by atoms with Gasteiger partial charge in [-0.1, -0.05) is 18.2 Å². The molecular formula is C20H17FN4S. The summed E-state index contributed by atoms with van der Waals surface area (Å²) in [6.45, 7) is 2.66. The minimum atomic E-state index is -0.253. The predicted molar refractivity (Wildman–Crippen MR) is 105 cm³/mol. The highest BCUT2D eigenvalue weighted by Crippen LogP contribution is 2.21. The van der Waals surface area contributed by atoms with E-state index in [-0.39, 0.29) is 5.82 Å². The Morgan fingerprint density at radius 3 is 2.77 bits per heavy atom. The number of nitrogens with zero attached hydrogens (tertiary/aromatic N) is 3. The molecule has 0 fully saturated rings. The van der Waals surface area contributed by atoms with Gasteiger partial charge >= 0.3 is 0 Å². The standard InChI is InChI=1S/C20H17FN4S/c1-2-22-20-25(19(13-26-20)14-7-9-16(21)10-8-14)24-12-15-11-23-18-6-4-3-5-17(15)18/h3-13,23H,2H2,1H3. The van der Waals surface area contributed by atoms with Gasteiger partial charge in [-0.15, -0.1) is 11.3 Å². The Kier molecular flexibility index (Phi) is 4.50. The number of hydrogen-bond acceptors (Lipinski definition) is 3. The van der Waals surface area contributed by atoms with Gasteiger partial charge in [-0.05, 0) is 37.3 Å². The van der Waals surface area contributed by atoms with E-state index < -0.39 is 0 Å². The lowest BCUT2D eigenvalue weighted by molar-refractivity contribution is 0.628. The van der Waals surface area contributed by atoms with Crippen LogP contribution < -0.4 is 4.80 Å². The Morgan fingerprint density at radius 1 is 1.15 bits per heavy atom. The van der Waals surface area contributed by atoms with E-state index in [1.807, 2.05) is 47.6 Å². The van der Waals surface area contributed by atoms with E-state index in [2.05, 4.69) is 21.1 Å². The second kappa shape index (κ2) is 7.09. The van der Waals surface area contributed by atoms with Gasteiger partial charge in [0.25, 0.3) is 0 Å². The zero-order valence-corrected chi connectivity index (χ0v) is 15.0. The first-order valence-electron chi connectivity index (χ1n) is 8.33. The molecule has 0 atom stereocenters. The fraction of sp³-hybridized carbons (Fsp3) is 0.100. The number of benzene rings is 2. The van der Waals surface area contributed by atoms with Crippen molar-refractivity contribution in [3.05, 3.63) is 76.3 Å². The van der Waals surface area contributed by atoms with Gasteiger partial charge < -0.3 is 4.98 Å². The lowest BCUT2D eigenvalue weighted by atomic mass is 10.2. The number of aromatic amines is 1. The number of nitrogens with one attached hydrogen (secondary N) is 1. The van der Waals surface area contributed by atoms with Crippen molar-refractivity contribution in [3.8, 4) is 11.3 Å². The summed E-state index contributed by atoms with van der Waals surface area (Å²) >= 11 is 1.52. The molecule has 4 rings (SSSR count). The van der Waals surface area contributed by atoms with Crippen LogP contribution in [0.25, 0.3) is 22.2 Å². The molecule has 4 nitrogen and oxygen atoms in total. The summed E-state index contributed by atoms with van der Waals surface area (Å²) in [7, 11) is 0. The lowest BCUT2D eigenvalue weighted by Crippen LogP contribution is -2.12. The highest BCUT2D eigenvalue weighted by Gasteiger charge is 2.08. The molecule has 0 amide bonds. The summed E-state index contributed by atoms with van der Waals surface area (Å²) in [5, 5.41) is 7.78. The first kappa shape index (κ1) is 16.5. The third-order valence-corrected chi connectivity index (χ3v) is 4.91. The first-order valence-corrected chi connectivity index (χ1v) is 9.21. The summed E-state index contributed by atoms with van der Waals surface area (Å²) in [5.41, 5.74) is 3.86. The van der Waals surface area contributed by atoms with Crippen molar-refractivity contribution in [1.29, 1.82) is 0 Å². The lowest BCUT2D eigenvalue weighted by Gasteiger charge is -2.03. The zero-order valence-electron chi connectivity index (χ0n) is 14.2. The molecular weight excluding hydrogens is 347 g/mol. The summed E-state index contributed by atoms with van der Waals surface area (Å²) in [4.78, 5) is 8.57. The molecule has 2 aromatic heterocycles. The van der Waals surface area contributed by atoms with E-state index in [4.69, 9.17) is 0 Å². The molecule has 4 aromatic rings. The molecule has 0 spiro atoms. The van der Waals surface area contributed by atoms with Crippen LogP contribution in [0.3, 0.4) is 0 Å². The van der Waals surface area contributed by atoms with Crippen molar-refractivity contribution in [2.75, 3.05) is 6.54 Å². The molecule has 6 heteroatoms. The van der Waals surface area contributed by atoms with Gasteiger partial charge in [0, 0.05) is 40.2 Å². The van der Waals surface area contributed by atoms with Gasteiger partial charge in [0.2, 0.25) is 4.80 Å². The van der Waals surface area contributed by atoms with Crippen molar-refractivity contribution < 1.29 is 4.39 Å². The number of aromatic nitrogens is 2. The Hall–Kier alpha value is -2.99. The molecule has 0 radical (unpaired) electrons. The Bertz CT molecular complexity index is 1130. The van der Waals surface area contributed by atoms with E-state index >= 15 is 0 Å². The Morgan fingerprint density at radius 2 is 1.96 bits per heavy atom. The van der Waals surface area contributed by atoms with Crippen molar-refractivity contribution in [1.82, 2.24) is 9.66 Å². The minimum absolute atomic E-state index is 0.253. The fourth-order valence-corrected chi connectivity index (χ4v) is 3.70. The normalized spacial score (nSPS) is 12.5. The smallest absolute Gasteiger partial charge is 0.206 e. The van der Waals surface area contributed by atoms with Crippen molar-refractivity contribution in [2.24, 2.45) is 10.1 Å². The minimum Gasteiger partial charge on any atom is -0.361 e. The quantitative estimate of drug-likeness (QED) is 0.513. The van der Waals surface area contributed by atoms with Gasteiger partial charge in [-0.3, -0.25) is 4.99 Å². The summed E-state index contributed by atoms with van der Waals surface area (Å²) in [6.07, 6.45) is 3.77. The number of fused-ring (bicyclic) bond motifs is 1. The average molecular weight is 364 g/mol. The zero-order chi connectivity index (χ0) is 17.9. The van der Waals surface area contributed by atoms with Gasteiger partial charge in [0.1, 0.15) is 5.82 Å². The molecule has 26 heavy (non-hydrogen) atoms. The van der Waals surface area contributed by atoms with Crippen LogP contribution in [0.15, 0.2) is 70.2 Å². The van der Waals surface area contributed by atoms with Crippen LogP contribution >= 0.6 is 11.3 Å². The molecule has 0 bridgehead atoms. The van der Waals surface area contributed by atoms with Crippen molar-refractivity contribution in [2.45, 2.75) is 6.92 Å². The van der Waals surface area contributed by atoms with Gasteiger partial charge in [0.15, 0.2) is 0 Å². The number of thiazole rings is 1. The largest absolute Gasteiger partial charge is 0.361 e. The third-order valence-electron chi connectivity index (χ3n) is 4.05. The maximum absolute atomic E-state index is 13.3. The number of para-hydroxylation sites is 1. The summed E-state index contributed by atoms with van der Waals surface area (Å²) < 4.78 is 15.1. The van der Waals surface area contributed by atoms with Crippen LogP contribution in [-0.2, 0) is 0 Å². The Labute approximate surface area is 154 Å². The SMILES string of the molecule is CCN=c1scc(-c2ccc(F)cc2)n1N=Cc1c[nH]c2ccccc12. The van der Waals surface area contributed by atoms with Gasteiger partial charge in [-0.2, -0.15) is 5.10 Å². The van der Waals surface area contributed by atoms with Gasteiger partial charge in [-0.25, -0.2) is 9.07 Å². The van der Waals surface area contributed by atoms with Crippen LogP contribution in [0, 0.1) is 5.82 Å². The number of H-pyrrole nitrogens is 1. The van der Waals surface area contributed by atoms with Gasteiger partial charge in [0.05, 0.1) is 11.9 Å². The second-order valence-corrected chi connectivity index (χ2v) is 6.57. The van der Waals surface area contributed by atoms with Crippen LogP contribution in [0.4, 0.5) is 4.39 Å². The van der Waals surface area contributed by atoms with E-state index in [0.29, 0.717) is 6.54 Å². The molecule has 0 aliphatic carbocycles. The maximum atomic E-state index is 13.3. The highest BCUT2D eigenvalue weighted by atomic mass is 32.1. The number of hydrogen-bond donors (Lipinski definition) is 1. The maximum Gasteiger partial charge on any atom is 0.206 e. The predicted octanol–water partition coefficient (Wildman–Crippen LogP) is 4.64. The summed E-state index contributed by atoms with van der Waals surface area (Å²) in [5.74, 6) is -0.253. The summed E-state index contributed by atoms with van der Waals surface area (Å²) in [6, 6.07) is 14.5. The number of rotatable bonds is 4. The van der Waals surface area contributed by atoms with Crippen molar-refractivity contribution >= 4 is 28.5 Å². The van der Waals surface area contributed by atoms with Crippen molar-refractivity contribution in [3.63, 3.8) is 0 Å². The van der Waals surface area contributed by atoms with Crippen LogP contribution in [0.5, 0.6) is 0 Å². The molecule has 0 aliphatic heterocycles. The number of halogens is 1. The molecule has 0 unspecified atom stereocenters.